The Morgan fingerprint density at radius 2 is 2.11 bits per heavy atom. The zero-order valence-electron chi connectivity index (χ0n) is 15.1. The Labute approximate surface area is 167 Å². The lowest BCUT2D eigenvalue weighted by Crippen LogP contribution is -2.41. The van der Waals surface area contributed by atoms with Gasteiger partial charge in [0.25, 0.3) is 0 Å². The summed E-state index contributed by atoms with van der Waals surface area (Å²) >= 11 is 7.46. The molecule has 1 aliphatic rings. The number of piperidine rings is 1. The lowest BCUT2D eigenvalue weighted by atomic mass is 9.97. The first kappa shape index (κ1) is 19.8. The van der Waals surface area contributed by atoms with Crippen molar-refractivity contribution in [2.75, 3.05) is 25.4 Å². The highest BCUT2D eigenvalue weighted by Gasteiger charge is 2.28. The number of ether oxygens (including phenoxy) is 1. The summed E-state index contributed by atoms with van der Waals surface area (Å²) in [4.78, 5) is 30.5. The number of amides is 1. The predicted octanol–water partition coefficient (Wildman–Crippen LogP) is 3.42. The fraction of sp³-hybridized carbons (Fsp3) is 0.421. The Balaban J connectivity index is 1.54. The van der Waals surface area contributed by atoms with Crippen LogP contribution in [0.3, 0.4) is 0 Å². The zero-order valence-corrected chi connectivity index (χ0v) is 16.7. The van der Waals surface area contributed by atoms with Crippen LogP contribution in [0, 0.1) is 5.92 Å². The number of thioether (sulfide) groups is 1. The average Bonchev–Trinajstić information content (AvgIpc) is 3.15. The van der Waals surface area contributed by atoms with Crippen molar-refractivity contribution in [3.63, 3.8) is 0 Å². The van der Waals surface area contributed by atoms with Gasteiger partial charge in [-0.3, -0.25) is 14.2 Å². The molecule has 0 saturated carbocycles. The predicted molar refractivity (Wildman–Crippen MR) is 105 cm³/mol. The molecule has 0 spiro atoms. The molecule has 2 heterocycles. The molecule has 1 fully saturated rings. The van der Waals surface area contributed by atoms with Gasteiger partial charge in [-0.25, -0.2) is 4.98 Å². The van der Waals surface area contributed by atoms with Gasteiger partial charge in [0.2, 0.25) is 5.91 Å². The SMILES string of the molecule is CCOC(=O)C1CCN(C(=O)CSc2nccn2-c2cccc(Cl)c2)CC1. The van der Waals surface area contributed by atoms with Crippen LogP contribution in [0.4, 0.5) is 0 Å². The third kappa shape index (κ3) is 5.05. The van der Waals surface area contributed by atoms with Gasteiger partial charge < -0.3 is 9.64 Å². The summed E-state index contributed by atoms with van der Waals surface area (Å²) in [7, 11) is 0. The second kappa shape index (κ2) is 9.28. The smallest absolute Gasteiger partial charge is 0.309 e. The Morgan fingerprint density at radius 1 is 1.33 bits per heavy atom. The maximum absolute atomic E-state index is 12.5. The zero-order chi connectivity index (χ0) is 19.2. The Kier molecular flexibility index (Phi) is 6.79. The normalized spacial score (nSPS) is 15.0. The highest BCUT2D eigenvalue weighted by molar-refractivity contribution is 7.99. The van der Waals surface area contributed by atoms with Crippen LogP contribution in [0.25, 0.3) is 5.69 Å². The first-order valence-electron chi connectivity index (χ1n) is 8.95. The minimum Gasteiger partial charge on any atom is -0.466 e. The van der Waals surface area contributed by atoms with Crippen molar-refractivity contribution in [2.24, 2.45) is 5.92 Å². The molecule has 6 nitrogen and oxygen atoms in total. The van der Waals surface area contributed by atoms with E-state index in [0.29, 0.717) is 43.3 Å². The maximum atomic E-state index is 12.5. The molecule has 0 unspecified atom stereocenters. The van der Waals surface area contributed by atoms with Gasteiger partial charge in [0, 0.05) is 36.2 Å². The lowest BCUT2D eigenvalue weighted by molar-refractivity contribution is -0.151. The molecule has 27 heavy (non-hydrogen) atoms. The van der Waals surface area contributed by atoms with Gasteiger partial charge in [0.1, 0.15) is 0 Å². The van der Waals surface area contributed by atoms with Crippen molar-refractivity contribution in [3.8, 4) is 5.69 Å². The number of imidazole rings is 1. The summed E-state index contributed by atoms with van der Waals surface area (Å²) < 4.78 is 6.98. The highest BCUT2D eigenvalue weighted by atomic mass is 35.5. The number of halogens is 1. The number of nitrogens with zero attached hydrogens (tertiary/aromatic N) is 3. The molecule has 0 atom stereocenters. The largest absolute Gasteiger partial charge is 0.466 e. The summed E-state index contributed by atoms with van der Waals surface area (Å²) in [6.45, 7) is 3.38. The molecule has 8 heteroatoms. The molecule has 0 bridgehead atoms. The fourth-order valence-electron chi connectivity index (χ4n) is 3.06. The van der Waals surface area contributed by atoms with Crippen molar-refractivity contribution in [1.29, 1.82) is 0 Å². The van der Waals surface area contributed by atoms with Gasteiger partial charge >= 0.3 is 5.97 Å². The number of carbonyl (C=O) groups is 2. The van der Waals surface area contributed by atoms with E-state index in [1.807, 2.05) is 39.9 Å². The van der Waals surface area contributed by atoms with Crippen LogP contribution < -0.4 is 0 Å². The van der Waals surface area contributed by atoms with E-state index in [1.54, 1.807) is 13.1 Å². The number of aromatic nitrogens is 2. The van der Waals surface area contributed by atoms with E-state index in [1.165, 1.54) is 11.8 Å². The summed E-state index contributed by atoms with van der Waals surface area (Å²) in [6, 6.07) is 7.50. The summed E-state index contributed by atoms with van der Waals surface area (Å²) in [6.07, 6.45) is 4.88. The van der Waals surface area contributed by atoms with Crippen LogP contribution in [0.5, 0.6) is 0 Å². The first-order chi connectivity index (χ1) is 13.1. The molecular weight excluding hydrogens is 386 g/mol. The van der Waals surface area contributed by atoms with E-state index in [-0.39, 0.29) is 17.8 Å². The van der Waals surface area contributed by atoms with Crippen molar-refractivity contribution in [3.05, 3.63) is 41.7 Å². The molecular formula is C19H22ClN3O3S. The second-order valence-corrected chi connectivity index (χ2v) is 7.63. The van der Waals surface area contributed by atoms with Crippen LogP contribution in [0.15, 0.2) is 41.8 Å². The molecule has 0 radical (unpaired) electrons. The molecule has 0 aliphatic carbocycles. The second-order valence-electron chi connectivity index (χ2n) is 6.26. The van der Waals surface area contributed by atoms with Crippen LogP contribution in [-0.4, -0.2) is 51.8 Å². The quantitative estimate of drug-likeness (QED) is 0.542. The molecule has 2 aromatic rings. The van der Waals surface area contributed by atoms with Gasteiger partial charge in [-0.1, -0.05) is 29.4 Å². The fourth-order valence-corrected chi connectivity index (χ4v) is 4.12. The third-order valence-electron chi connectivity index (χ3n) is 4.49. The van der Waals surface area contributed by atoms with Crippen molar-refractivity contribution in [2.45, 2.75) is 24.9 Å². The lowest BCUT2D eigenvalue weighted by Gasteiger charge is -2.30. The van der Waals surface area contributed by atoms with Crippen molar-refractivity contribution in [1.82, 2.24) is 14.5 Å². The van der Waals surface area contributed by atoms with Crippen LogP contribution in [0.1, 0.15) is 19.8 Å². The summed E-state index contributed by atoms with van der Waals surface area (Å²) in [5.41, 5.74) is 0.908. The van der Waals surface area contributed by atoms with Crippen molar-refractivity contribution < 1.29 is 14.3 Å². The maximum Gasteiger partial charge on any atom is 0.309 e. The number of hydrogen-bond donors (Lipinski definition) is 0. The molecule has 1 aromatic carbocycles. The molecule has 144 valence electrons. The minimum absolute atomic E-state index is 0.0583. The number of benzene rings is 1. The summed E-state index contributed by atoms with van der Waals surface area (Å²) in [5, 5.41) is 1.39. The third-order valence-corrected chi connectivity index (χ3v) is 5.67. The van der Waals surface area contributed by atoms with Crippen LogP contribution >= 0.6 is 23.4 Å². The van der Waals surface area contributed by atoms with E-state index in [4.69, 9.17) is 16.3 Å². The number of likely N-dealkylation sites (tertiary alicyclic amines) is 1. The highest BCUT2D eigenvalue weighted by Crippen LogP contribution is 2.24. The standard InChI is InChI=1S/C19H22ClN3O3S/c1-2-26-18(25)14-6-9-22(10-7-14)17(24)13-27-19-21-8-11-23(19)16-5-3-4-15(20)12-16/h3-5,8,11-12,14H,2,6-7,9-10,13H2,1H3. The first-order valence-corrected chi connectivity index (χ1v) is 10.3. The summed E-state index contributed by atoms with van der Waals surface area (Å²) in [5.74, 6) is 0.121. The van der Waals surface area contributed by atoms with E-state index in [2.05, 4.69) is 4.98 Å². The molecule has 0 N–H and O–H groups in total. The Hall–Kier alpha value is -1.99. The minimum atomic E-state index is -0.150. The number of carbonyl (C=O) groups excluding carboxylic acids is 2. The molecule has 1 saturated heterocycles. The van der Waals surface area contributed by atoms with Crippen molar-refractivity contribution >= 4 is 35.2 Å². The van der Waals surface area contributed by atoms with Gasteiger partial charge in [-0.15, -0.1) is 0 Å². The van der Waals surface area contributed by atoms with Gasteiger partial charge in [0.15, 0.2) is 5.16 Å². The number of hydrogen-bond acceptors (Lipinski definition) is 5. The topological polar surface area (TPSA) is 64.4 Å². The molecule has 1 amide bonds. The van der Waals surface area contributed by atoms with E-state index >= 15 is 0 Å². The van der Waals surface area contributed by atoms with Gasteiger partial charge in [0.05, 0.1) is 18.3 Å². The van der Waals surface area contributed by atoms with Gasteiger partial charge in [-0.05, 0) is 38.0 Å². The number of esters is 1. The number of rotatable bonds is 6. The average molecular weight is 408 g/mol. The van der Waals surface area contributed by atoms with Crippen LogP contribution in [-0.2, 0) is 14.3 Å². The van der Waals surface area contributed by atoms with E-state index in [0.717, 1.165) is 10.8 Å². The Morgan fingerprint density at radius 3 is 2.81 bits per heavy atom. The van der Waals surface area contributed by atoms with Crippen LogP contribution in [0.2, 0.25) is 5.02 Å². The molecule has 3 rings (SSSR count). The van der Waals surface area contributed by atoms with Gasteiger partial charge in [-0.2, -0.15) is 0 Å². The van der Waals surface area contributed by atoms with E-state index in [9.17, 15) is 9.59 Å². The molecule has 1 aromatic heterocycles. The Bertz CT molecular complexity index is 803. The van der Waals surface area contributed by atoms with E-state index < -0.39 is 0 Å². The molecule has 1 aliphatic heterocycles. The monoisotopic (exact) mass is 407 g/mol.